The quantitative estimate of drug-likeness (QED) is 0.678. The van der Waals surface area contributed by atoms with Gasteiger partial charge in [-0.25, -0.2) is 0 Å². The molecule has 0 aromatic heterocycles. The van der Waals surface area contributed by atoms with Crippen LogP contribution < -0.4 is 5.73 Å². The average molecular weight is 190 g/mol. The molecule has 1 aromatic rings. The third-order valence-electron chi connectivity index (χ3n) is 1.78. The number of hydrogen-bond donors (Lipinski definition) is 2. The summed E-state index contributed by atoms with van der Waals surface area (Å²) < 4.78 is 4.35. The minimum atomic E-state index is -0.709. The van der Waals surface area contributed by atoms with Crippen molar-refractivity contribution in [2.45, 2.75) is 12.5 Å². The fourth-order valence-electron chi connectivity index (χ4n) is 1.10. The van der Waals surface area contributed by atoms with Gasteiger partial charge in [0.05, 0.1) is 0 Å². The Morgan fingerprint density at radius 1 is 1.50 bits per heavy atom. The molecule has 0 radical (unpaired) electrons. The van der Waals surface area contributed by atoms with Crippen LogP contribution in [0.5, 0.6) is 0 Å². The Bertz CT molecular complexity index is 316. The van der Waals surface area contributed by atoms with Gasteiger partial charge in [-0.1, -0.05) is 0 Å². The topological polar surface area (TPSA) is 76.2 Å². The van der Waals surface area contributed by atoms with Crippen molar-refractivity contribution in [3.63, 3.8) is 0 Å². The molecule has 0 heterocycles. The second kappa shape index (κ2) is 5.29. The molecule has 1 aromatic carbocycles. The van der Waals surface area contributed by atoms with Crippen molar-refractivity contribution in [3.05, 3.63) is 35.9 Å². The molecule has 72 valence electrons. The van der Waals surface area contributed by atoms with E-state index in [-0.39, 0.29) is 0 Å². The number of benzene rings is 1. The number of rotatable bonds is 4. The Balaban J connectivity index is 2.52. The zero-order valence-electron chi connectivity index (χ0n) is 7.64. The molecule has 0 fully saturated rings. The van der Waals surface area contributed by atoms with Crippen LogP contribution in [0, 0.1) is 5.31 Å². The van der Waals surface area contributed by atoms with Gasteiger partial charge in [0.1, 0.15) is 0 Å². The van der Waals surface area contributed by atoms with Gasteiger partial charge in [0.2, 0.25) is 0 Å². The molecule has 14 heavy (non-hydrogen) atoms. The first-order valence-corrected chi connectivity index (χ1v) is 4.23. The summed E-state index contributed by atoms with van der Waals surface area (Å²) in [6, 6.07) is 8.72. The number of carbonyl (C=O) groups excluding carboxylic acids is 1. The number of nitrogens with two attached hydrogens (primary N) is 1. The molecule has 0 amide bonds. The Hall–Kier alpha value is -1.49. The van der Waals surface area contributed by atoms with Crippen LogP contribution in [0.15, 0.2) is 30.3 Å². The molecule has 0 saturated heterocycles. The van der Waals surface area contributed by atoms with Gasteiger partial charge >= 0.3 is 82.1 Å². The third-order valence-corrected chi connectivity index (χ3v) is 1.78. The Labute approximate surface area is 82.9 Å². The van der Waals surface area contributed by atoms with Gasteiger partial charge in [0.25, 0.3) is 0 Å². The number of hydrogen-bond acceptors (Lipinski definition) is 4. The van der Waals surface area contributed by atoms with Gasteiger partial charge in [-0.05, 0) is 0 Å². The van der Waals surface area contributed by atoms with Gasteiger partial charge in [0.15, 0.2) is 0 Å². The van der Waals surface area contributed by atoms with E-state index in [1.54, 1.807) is 0 Å². The predicted octanol–water partition coefficient (Wildman–Crippen LogP) is 0.481. The second-order valence-corrected chi connectivity index (χ2v) is 2.85. The van der Waals surface area contributed by atoms with E-state index in [4.69, 9.17) is 11.0 Å². The van der Waals surface area contributed by atoms with Crippen molar-refractivity contribution in [1.82, 2.24) is 0 Å². The molecule has 0 saturated carbocycles. The first-order chi connectivity index (χ1) is 6.74. The Morgan fingerprint density at radius 3 is 2.71 bits per heavy atom. The van der Waals surface area contributed by atoms with Crippen molar-refractivity contribution in [1.29, 1.82) is 5.31 Å². The molecule has 0 bridgehead atoms. The van der Waals surface area contributed by atoms with Crippen LogP contribution in [0.1, 0.15) is 5.56 Å². The summed E-state index contributed by atoms with van der Waals surface area (Å²) in [4.78, 5) is 11.0. The molecule has 3 N–H and O–H groups in total. The molecule has 5 heteroatoms. The first kappa shape index (κ1) is 10.6. The van der Waals surface area contributed by atoms with Crippen molar-refractivity contribution in [2.75, 3.05) is 0 Å². The van der Waals surface area contributed by atoms with Crippen LogP contribution in [-0.4, -0.2) is 19.3 Å². The summed E-state index contributed by atoms with van der Waals surface area (Å²) in [6.07, 6.45) is 0.424. The Morgan fingerprint density at radius 2 is 2.14 bits per heavy atom. The molecule has 1 atom stereocenters. The Kier molecular flexibility index (Phi) is 4.00. The standard InChI is InChI=1S/C9H11BN2O2/c11-8(9(13)14-10-12)6-7-4-2-1-3-5-7/h1-5,8,12H,6,11H2/t8-/m1/s1. The molecule has 1 rings (SSSR count). The van der Waals surface area contributed by atoms with Gasteiger partial charge in [-0.15, -0.1) is 0 Å². The molecule has 0 aliphatic carbocycles. The first-order valence-electron chi connectivity index (χ1n) is 4.23. The van der Waals surface area contributed by atoms with E-state index in [9.17, 15) is 4.79 Å². The normalized spacial score (nSPS) is 11.5. The summed E-state index contributed by atoms with van der Waals surface area (Å²) in [5, 5.41) is 6.58. The summed E-state index contributed by atoms with van der Waals surface area (Å²) >= 11 is 0. The van der Waals surface area contributed by atoms with E-state index < -0.39 is 12.0 Å². The number of nitrogens with one attached hydrogen (secondary N) is 1. The van der Waals surface area contributed by atoms with Crippen molar-refractivity contribution in [3.8, 4) is 0 Å². The fraction of sp³-hybridized carbons (Fsp3) is 0.222. The van der Waals surface area contributed by atoms with Crippen molar-refractivity contribution in [2.24, 2.45) is 5.73 Å². The van der Waals surface area contributed by atoms with E-state index in [1.165, 1.54) is 0 Å². The SMILES string of the molecule is N=BOC(=O)[C@H](N)Cc1ccccc1. The monoisotopic (exact) mass is 190 g/mol. The van der Waals surface area contributed by atoms with Crippen LogP contribution in [-0.2, 0) is 15.9 Å². The van der Waals surface area contributed by atoms with Crippen LogP contribution >= 0.6 is 0 Å². The minimum absolute atomic E-state index is 0.424. The maximum absolute atomic E-state index is 11.0. The van der Waals surface area contributed by atoms with Gasteiger partial charge < -0.3 is 0 Å². The van der Waals surface area contributed by atoms with E-state index in [0.717, 1.165) is 5.56 Å². The third kappa shape index (κ3) is 3.10. The zero-order valence-corrected chi connectivity index (χ0v) is 7.64. The van der Waals surface area contributed by atoms with E-state index in [2.05, 4.69) is 4.65 Å². The summed E-state index contributed by atoms with van der Waals surface area (Å²) in [7, 11) is 0.590. The maximum atomic E-state index is 11.0. The molecule has 4 nitrogen and oxygen atoms in total. The van der Waals surface area contributed by atoms with Crippen LogP contribution in [0.3, 0.4) is 0 Å². The van der Waals surface area contributed by atoms with Crippen LogP contribution in [0.4, 0.5) is 0 Å². The van der Waals surface area contributed by atoms with Crippen molar-refractivity contribution < 1.29 is 9.45 Å². The summed E-state index contributed by atoms with van der Waals surface area (Å²) in [5.41, 5.74) is 6.53. The van der Waals surface area contributed by atoms with E-state index in [1.807, 2.05) is 30.3 Å². The van der Waals surface area contributed by atoms with E-state index >= 15 is 0 Å². The molecule has 0 spiro atoms. The molecular weight excluding hydrogens is 179 g/mol. The molecular formula is C9H11BN2O2. The van der Waals surface area contributed by atoms with E-state index in [0.29, 0.717) is 13.7 Å². The van der Waals surface area contributed by atoms with Crippen molar-refractivity contribution >= 4 is 13.2 Å². The number of carbonyl (C=O) groups is 1. The summed E-state index contributed by atoms with van der Waals surface area (Å²) in [6.45, 7) is 0. The van der Waals surface area contributed by atoms with Gasteiger partial charge in [-0.2, -0.15) is 0 Å². The second-order valence-electron chi connectivity index (χ2n) is 2.85. The van der Waals surface area contributed by atoms with Gasteiger partial charge in [-0.3, -0.25) is 0 Å². The fourth-order valence-corrected chi connectivity index (χ4v) is 1.10. The van der Waals surface area contributed by atoms with Crippen LogP contribution in [0.25, 0.3) is 0 Å². The average Bonchev–Trinajstić information content (AvgIpc) is 2.19. The van der Waals surface area contributed by atoms with Gasteiger partial charge in [0, 0.05) is 0 Å². The van der Waals surface area contributed by atoms with Crippen LogP contribution in [0.2, 0.25) is 0 Å². The molecule has 0 aliphatic heterocycles. The summed E-state index contributed by atoms with van der Waals surface area (Å²) in [5.74, 6) is -0.580. The predicted molar refractivity (Wildman–Crippen MR) is 52.7 cm³/mol. The molecule has 0 aliphatic rings. The zero-order chi connectivity index (χ0) is 10.4. The molecule has 0 unspecified atom stereocenters.